The molecule has 1 aliphatic heterocycles. The van der Waals surface area contributed by atoms with Crippen LogP contribution >= 0.6 is 0 Å². The maximum absolute atomic E-state index is 13.3. The SMILES string of the molecule is CC(CC(CC(C)C(=O)ON1C(=O)CCC1=O)C(=O)N(C)C)C(=O)NC1CCCCCCCCCCCCCC1. The molecule has 0 radical (unpaired) electrons. The zero-order valence-electron chi connectivity index (χ0n) is 25.4. The Balaban J connectivity index is 1.95. The second kappa shape index (κ2) is 18.1. The van der Waals surface area contributed by atoms with Gasteiger partial charge in [0.1, 0.15) is 0 Å². The third kappa shape index (κ3) is 12.0. The molecule has 4 amide bonds. The van der Waals surface area contributed by atoms with Crippen LogP contribution in [0, 0.1) is 17.8 Å². The zero-order valence-corrected chi connectivity index (χ0v) is 25.4. The molecule has 0 spiro atoms. The Labute approximate surface area is 241 Å². The molecule has 9 nitrogen and oxygen atoms in total. The topological polar surface area (TPSA) is 113 Å². The lowest BCUT2D eigenvalue weighted by molar-refractivity contribution is -0.200. The van der Waals surface area contributed by atoms with Crippen molar-refractivity contribution in [1.82, 2.24) is 15.3 Å². The maximum atomic E-state index is 13.3. The highest BCUT2D eigenvalue weighted by atomic mass is 16.7. The smallest absolute Gasteiger partial charge is 0.335 e. The summed E-state index contributed by atoms with van der Waals surface area (Å²) in [4.78, 5) is 69.1. The number of hydrogen-bond donors (Lipinski definition) is 1. The molecule has 1 saturated carbocycles. The minimum atomic E-state index is -0.729. The fraction of sp³-hybridized carbons (Fsp3) is 0.839. The number of rotatable bonds is 9. The van der Waals surface area contributed by atoms with Crippen molar-refractivity contribution < 1.29 is 28.8 Å². The fourth-order valence-electron chi connectivity index (χ4n) is 5.74. The third-order valence-electron chi connectivity index (χ3n) is 8.30. The predicted molar refractivity (Wildman–Crippen MR) is 153 cm³/mol. The third-order valence-corrected chi connectivity index (χ3v) is 8.30. The predicted octanol–water partition coefficient (Wildman–Crippen LogP) is 5.31. The van der Waals surface area contributed by atoms with E-state index >= 15 is 0 Å². The van der Waals surface area contributed by atoms with Gasteiger partial charge in [0.15, 0.2) is 0 Å². The highest BCUT2D eigenvalue weighted by Gasteiger charge is 2.36. The standard InChI is InChI=1S/C31H53N3O6/c1-23(29(37)32-26-17-15-13-11-9-7-5-6-8-10-12-14-16-18-26)21-25(30(38)33(3)4)22-24(2)31(39)40-34-27(35)19-20-28(34)36/h23-26H,5-22H2,1-4H3,(H,32,37). The van der Waals surface area contributed by atoms with Crippen molar-refractivity contribution in [2.45, 2.75) is 135 Å². The van der Waals surface area contributed by atoms with Crippen molar-refractivity contribution in [3.8, 4) is 0 Å². The van der Waals surface area contributed by atoms with Crippen molar-refractivity contribution in [3.63, 3.8) is 0 Å². The molecule has 1 saturated heterocycles. The van der Waals surface area contributed by atoms with Crippen molar-refractivity contribution in [1.29, 1.82) is 0 Å². The molecule has 2 fully saturated rings. The minimum Gasteiger partial charge on any atom is -0.353 e. The normalized spacial score (nSPS) is 21.1. The van der Waals surface area contributed by atoms with E-state index in [2.05, 4.69) is 5.32 Å². The summed E-state index contributed by atoms with van der Waals surface area (Å²) in [6.07, 6.45) is 17.6. The largest absolute Gasteiger partial charge is 0.353 e. The van der Waals surface area contributed by atoms with Crippen LogP contribution in [0.25, 0.3) is 0 Å². The summed E-state index contributed by atoms with van der Waals surface area (Å²) in [5.41, 5.74) is 0. The van der Waals surface area contributed by atoms with Crippen molar-refractivity contribution >= 4 is 29.6 Å². The first kappa shape index (κ1) is 33.8. The van der Waals surface area contributed by atoms with Gasteiger partial charge in [-0.1, -0.05) is 90.9 Å². The number of carbonyl (C=O) groups is 5. The average molecular weight is 564 g/mol. The Bertz CT molecular complexity index is 813. The van der Waals surface area contributed by atoms with E-state index in [1.807, 2.05) is 6.92 Å². The van der Waals surface area contributed by atoms with Crippen LogP contribution in [0.5, 0.6) is 0 Å². The zero-order chi connectivity index (χ0) is 29.5. The number of carbonyl (C=O) groups excluding carboxylic acids is 5. The van der Waals surface area contributed by atoms with Gasteiger partial charge in [-0.25, -0.2) is 4.79 Å². The van der Waals surface area contributed by atoms with E-state index in [0.717, 1.165) is 25.7 Å². The first-order chi connectivity index (χ1) is 19.1. The summed E-state index contributed by atoms with van der Waals surface area (Å²) < 4.78 is 0. The Morgan fingerprint density at radius 1 is 0.775 bits per heavy atom. The molecule has 0 bridgehead atoms. The van der Waals surface area contributed by atoms with E-state index < -0.39 is 35.5 Å². The van der Waals surface area contributed by atoms with Crippen LogP contribution in [0.15, 0.2) is 0 Å². The number of amides is 4. The van der Waals surface area contributed by atoms with Crippen molar-refractivity contribution in [3.05, 3.63) is 0 Å². The summed E-state index contributed by atoms with van der Waals surface area (Å²) in [7, 11) is 3.31. The molecular formula is C31H53N3O6. The van der Waals surface area contributed by atoms with E-state index in [0.29, 0.717) is 11.5 Å². The first-order valence-corrected chi connectivity index (χ1v) is 15.7. The number of nitrogens with one attached hydrogen (secondary N) is 1. The van der Waals surface area contributed by atoms with Crippen LogP contribution < -0.4 is 5.32 Å². The van der Waals surface area contributed by atoms with Gasteiger partial charge >= 0.3 is 5.97 Å². The molecule has 0 aromatic carbocycles. The van der Waals surface area contributed by atoms with Gasteiger partial charge in [0.05, 0.1) is 5.92 Å². The van der Waals surface area contributed by atoms with E-state index in [4.69, 9.17) is 4.84 Å². The monoisotopic (exact) mass is 563 g/mol. The molecular weight excluding hydrogens is 510 g/mol. The molecule has 0 aromatic heterocycles. The number of nitrogens with zero attached hydrogens (tertiary/aromatic N) is 2. The van der Waals surface area contributed by atoms with Gasteiger partial charge in [0.2, 0.25) is 11.8 Å². The molecule has 40 heavy (non-hydrogen) atoms. The summed E-state index contributed by atoms with van der Waals surface area (Å²) in [6, 6.07) is 0.146. The summed E-state index contributed by atoms with van der Waals surface area (Å²) in [5.74, 6) is -3.73. The molecule has 1 N–H and O–H groups in total. The van der Waals surface area contributed by atoms with Crippen molar-refractivity contribution in [2.24, 2.45) is 17.8 Å². The second-order valence-electron chi connectivity index (χ2n) is 12.2. The molecule has 2 aliphatic rings. The lowest BCUT2D eigenvalue weighted by Gasteiger charge is -2.27. The summed E-state index contributed by atoms with van der Waals surface area (Å²) >= 11 is 0. The fourth-order valence-corrected chi connectivity index (χ4v) is 5.74. The molecule has 2 rings (SSSR count). The van der Waals surface area contributed by atoms with Crippen LogP contribution in [-0.2, 0) is 28.8 Å². The van der Waals surface area contributed by atoms with Gasteiger partial charge in [0.25, 0.3) is 11.8 Å². The Hall–Kier alpha value is -2.45. The van der Waals surface area contributed by atoms with Crippen LogP contribution in [-0.4, -0.2) is 59.7 Å². The Kier molecular flexibility index (Phi) is 15.3. The van der Waals surface area contributed by atoms with Crippen molar-refractivity contribution in [2.75, 3.05) is 14.1 Å². The van der Waals surface area contributed by atoms with Crippen LogP contribution in [0.4, 0.5) is 0 Å². The molecule has 1 heterocycles. The second-order valence-corrected chi connectivity index (χ2v) is 12.2. The molecule has 9 heteroatoms. The number of imide groups is 1. The number of hydrogen-bond acceptors (Lipinski definition) is 6. The molecule has 3 atom stereocenters. The van der Waals surface area contributed by atoms with E-state index in [1.54, 1.807) is 21.0 Å². The van der Waals surface area contributed by atoms with E-state index in [9.17, 15) is 24.0 Å². The van der Waals surface area contributed by atoms with Gasteiger partial charge in [-0.3, -0.25) is 19.2 Å². The van der Waals surface area contributed by atoms with Gasteiger partial charge < -0.3 is 15.1 Å². The highest BCUT2D eigenvalue weighted by Crippen LogP contribution is 2.25. The van der Waals surface area contributed by atoms with Crippen LogP contribution in [0.1, 0.15) is 129 Å². The quantitative estimate of drug-likeness (QED) is 0.381. The average Bonchev–Trinajstić information content (AvgIpc) is 3.22. The van der Waals surface area contributed by atoms with Crippen LogP contribution in [0.2, 0.25) is 0 Å². The lowest BCUT2D eigenvalue weighted by atomic mass is 9.86. The minimum absolute atomic E-state index is 0.0237. The van der Waals surface area contributed by atoms with Crippen LogP contribution in [0.3, 0.4) is 0 Å². The Morgan fingerprint density at radius 2 is 1.20 bits per heavy atom. The van der Waals surface area contributed by atoms with Gasteiger partial charge in [-0.15, -0.1) is 5.06 Å². The van der Waals surface area contributed by atoms with Gasteiger partial charge in [-0.05, 0) is 25.7 Å². The molecule has 0 aromatic rings. The molecule has 3 unspecified atom stereocenters. The summed E-state index contributed by atoms with van der Waals surface area (Å²) in [6.45, 7) is 3.45. The number of hydroxylamine groups is 2. The lowest BCUT2D eigenvalue weighted by Crippen LogP contribution is -2.41. The maximum Gasteiger partial charge on any atom is 0.335 e. The molecule has 1 aliphatic carbocycles. The summed E-state index contributed by atoms with van der Waals surface area (Å²) in [5, 5.41) is 3.81. The Morgan fingerprint density at radius 3 is 1.65 bits per heavy atom. The first-order valence-electron chi connectivity index (χ1n) is 15.7. The molecule has 228 valence electrons. The van der Waals surface area contributed by atoms with E-state index in [1.165, 1.54) is 69.1 Å². The van der Waals surface area contributed by atoms with E-state index in [-0.39, 0.29) is 37.1 Å². The highest BCUT2D eigenvalue weighted by molar-refractivity contribution is 6.01. The van der Waals surface area contributed by atoms with Gasteiger partial charge in [0, 0.05) is 44.8 Å². The van der Waals surface area contributed by atoms with Gasteiger partial charge in [-0.2, -0.15) is 0 Å².